The molecular formula is C14H15N3O4S2. The lowest BCUT2D eigenvalue weighted by molar-refractivity contribution is 0.262. The molecule has 0 aromatic heterocycles. The zero-order valence-corrected chi connectivity index (χ0v) is 13.7. The van der Waals surface area contributed by atoms with Crippen molar-refractivity contribution in [3.05, 3.63) is 42.5 Å². The predicted molar refractivity (Wildman–Crippen MR) is 90.3 cm³/mol. The molecule has 122 valence electrons. The summed E-state index contributed by atoms with van der Waals surface area (Å²) in [6.07, 6.45) is 1.91. The minimum Gasteiger partial charge on any atom is -0.506 e. The van der Waals surface area contributed by atoms with Crippen LogP contribution in [0.15, 0.2) is 52.3 Å². The number of urea groups is 1. The highest BCUT2D eigenvalue weighted by molar-refractivity contribution is 7.98. The van der Waals surface area contributed by atoms with Crippen molar-refractivity contribution in [3.63, 3.8) is 0 Å². The number of nitrogens with two attached hydrogens (primary N) is 1. The molecule has 0 aliphatic rings. The van der Waals surface area contributed by atoms with E-state index in [1.165, 1.54) is 11.8 Å². The second kappa shape index (κ2) is 6.90. The molecule has 7 nitrogen and oxygen atoms in total. The largest absolute Gasteiger partial charge is 0.506 e. The number of primary sulfonamides is 1. The Hall–Kier alpha value is -2.23. The molecule has 0 bridgehead atoms. The zero-order chi connectivity index (χ0) is 17.0. The van der Waals surface area contributed by atoms with Crippen LogP contribution in [0.1, 0.15) is 0 Å². The second-order valence-electron chi connectivity index (χ2n) is 4.54. The van der Waals surface area contributed by atoms with Crippen LogP contribution in [0, 0.1) is 0 Å². The van der Waals surface area contributed by atoms with E-state index in [-0.39, 0.29) is 16.3 Å². The van der Waals surface area contributed by atoms with Gasteiger partial charge in [0, 0.05) is 10.6 Å². The van der Waals surface area contributed by atoms with Gasteiger partial charge < -0.3 is 15.7 Å². The van der Waals surface area contributed by atoms with E-state index in [4.69, 9.17) is 5.14 Å². The summed E-state index contributed by atoms with van der Waals surface area (Å²) in [5.41, 5.74) is 0.506. The van der Waals surface area contributed by atoms with Crippen molar-refractivity contribution in [2.45, 2.75) is 9.79 Å². The van der Waals surface area contributed by atoms with Crippen LogP contribution in [-0.2, 0) is 10.0 Å². The van der Waals surface area contributed by atoms with Crippen molar-refractivity contribution in [2.24, 2.45) is 5.14 Å². The van der Waals surface area contributed by atoms with E-state index in [2.05, 4.69) is 10.6 Å². The van der Waals surface area contributed by atoms with Crippen molar-refractivity contribution < 1.29 is 18.3 Å². The maximum atomic E-state index is 12.0. The van der Waals surface area contributed by atoms with Gasteiger partial charge in [0.1, 0.15) is 5.75 Å². The maximum absolute atomic E-state index is 12.0. The summed E-state index contributed by atoms with van der Waals surface area (Å²) in [6, 6.07) is 9.94. The number of hydrogen-bond acceptors (Lipinski definition) is 5. The Bertz CT molecular complexity index is 838. The highest BCUT2D eigenvalue weighted by Crippen LogP contribution is 2.26. The quantitative estimate of drug-likeness (QED) is 0.497. The van der Waals surface area contributed by atoms with Gasteiger partial charge in [-0.25, -0.2) is 18.4 Å². The smallest absolute Gasteiger partial charge is 0.323 e. The number of rotatable bonds is 4. The van der Waals surface area contributed by atoms with Crippen LogP contribution in [0.3, 0.4) is 0 Å². The lowest BCUT2D eigenvalue weighted by atomic mass is 10.3. The minimum atomic E-state index is -3.93. The fraction of sp³-hybridized carbons (Fsp3) is 0.0714. The first-order chi connectivity index (χ1) is 10.8. The van der Waals surface area contributed by atoms with E-state index in [9.17, 15) is 18.3 Å². The number of aromatic hydroxyl groups is 1. The van der Waals surface area contributed by atoms with E-state index in [0.29, 0.717) is 5.69 Å². The monoisotopic (exact) mass is 353 g/mol. The van der Waals surface area contributed by atoms with Gasteiger partial charge in [0.2, 0.25) is 10.0 Å². The molecule has 2 aromatic rings. The number of carbonyl (C=O) groups is 1. The van der Waals surface area contributed by atoms with E-state index < -0.39 is 16.1 Å². The third-order valence-electron chi connectivity index (χ3n) is 2.87. The summed E-state index contributed by atoms with van der Waals surface area (Å²) < 4.78 is 22.6. The number of phenolic OH excluding ortho intramolecular Hbond substituents is 1. The Morgan fingerprint density at radius 2 is 1.91 bits per heavy atom. The van der Waals surface area contributed by atoms with Gasteiger partial charge in [-0.3, -0.25) is 0 Å². The van der Waals surface area contributed by atoms with Gasteiger partial charge in [0.05, 0.1) is 10.6 Å². The molecule has 0 atom stereocenters. The van der Waals surface area contributed by atoms with E-state index in [1.54, 1.807) is 18.2 Å². The number of hydrogen-bond donors (Lipinski definition) is 4. The number of anilines is 2. The van der Waals surface area contributed by atoms with Gasteiger partial charge in [-0.05, 0) is 42.7 Å². The lowest BCUT2D eigenvalue weighted by Crippen LogP contribution is -2.20. The van der Waals surface area contributed by atoms with Crippen molar-refractivity contribution in [1.29, 1.82) is 0 Å². The number of amides is 2. The number of sulfonamides is 1. The Balaban J connectivity index is 2.16. The molecule has 23 heavy (non-hydrogen) atoms. The number of thioether (sulfide) groups is 1. The molecule has 9 heteroatoms. The Morgan fingerprint density at radius 3 is 2.57 bits per heavy atom. The number of benzene rings is 2. The SMILES string of the molecule is CSc1cccc(NC(=O)Nc2cc(S(N)(=O)=O)ccc2O)c1. The fourth-order valence-corrected chi connectivity index (χ4v) is 2.78. The zero-order valence-electron chi connectivity index (χ0n) is 12.1. The molecule has 2 amide bonds. The summed E-state index contributed by atoms with van der Waals surface area (Å²) in [6.45, 7) is 0. The van der Waals surface area contributed by atoms with Crippen molar-refractivity contribution in [3.8, 4) is 5.75 Å². The molecule has 0 radical (unpaired) electrons. The van der Waals surface area contributed by atoms with Gasteiger partial charge in [0.25, 0.3) is 0 Å². The third kappa shape index (κ3) is 4.62. The molecule has 0 saturated carbocycles. The molecule has 2 aromatic carbocycles. The van der Waals surface area contributed by atoms with Crippen molar-refractivity contribution >= 4 is 39.2 Å². The summed E-state index contributed by atoms with van der Waals surface area (Å²) in [4.78, 5) is 12.7. The first-order valence-electron chi connectivity index (χ1n) is 6.37. The highest BCUT2D eigenvalue weighted by atomic mass is 32.2. The molecule has 0 fully saturated rings. The van der Waals surface area contributed by atoms with Crippen LogP contribution in [0.4, 0.5) is 16.2 Å². The number of phenols is 1. The van der Waals surface area contributed by atoms with E-state index in [1.807, 2.05) is 12.3 Å². The molecule has 0 aliphatic carbocycles. The van der Waals surface area contributed by atoms with Crippen LogP contribution < -0.4 is 15.8 Å². The maximum Gasteiger partial charge on any atom is 0.323 e. The lowest BCUT2D eigenvalue weighted by Gasteiger charge is -2.10. The third-order valence-corrected chi connectivity index (χ3v) is 4.51. The average Bonchev–Trinajstić information content (AvgIpc) is 2.48. The molecule has 0 heterocycles. The standard InChI is InChI=1S/C14H15N3O4S2/c1-22-10-4-2-3-9(7-10)16-14(19)17-12-8-11(23(15,20)21)5-6-13(12)18/h2-8,18H,1H3,(H2,15,20,21)(H2,16,17,19). The number of nitrogens with one attached hydrogen (secondary N) is 2. The topological polar surface area (TPSA) is 122 Å². The molecule has 2 rings (SSSR count). The Morgan fingerprint density at radius 1 is 1.17 bits per heavy atom. The first kappa shape index (κ1) is 17.1. The highest BCUT2D eigenvalue weighted by Gasteiger charge is 2.13. The molecule has 0 unspecified atom stereocenters. The average molecular weight is 353 g/mol. The van der Waals surface area contributed by atoms with Crippen LogP contribution in [0.5, 0.6) is 5.75 Å². The summed E-state index contributed by atoms with van der Waals surface area (Å²) >= 11 is 1.53. The Labute approximate surface area is 137 Å². The van der Waals surface area contributed by atoms with Crippen molar-refractivity contribution in [1.82, 2.24) is 0 Å². The van der Waals surface area contributed by atoms with Crippen molar-refractivity contribution in [2.75, 3.05) is 16.9 Å². The van der Waals surface area contributed by atoms with Crippen LogP contribution in [0.25, 0.3) is 0 Å². The van der Waals surface area contributed by atoms with Crippen LogP contribution in [-0.4, -0.2) is 25.8 Å². The molecule has 0 aliphatic heterocycles. The second-order valence-corrected chi connectivity index (χ2v) is 6.98. The predicted octanol–water partition coefficient (Wildman–Crippen LogP) is 2.41. The summed E-state index contributed by atoms with van der Waals surface area (Å²) in [7, 11) is -3.93. The fourth-order valence-electron chi connectivity index (χ4n) is 1.78. The molecular weight excluding hydrogens is 338 g/mol. The van der Waals surface area contributed by atoms with E-state index >= 15 is 0 Å². The normalized spacial score (nSPS) is 11.0. The minimum absolute atomic E-state index is 0.0601. The Kier molecular flexibility index (Phi) is 5.14. The van der Waals surface area contributed by atoms with Crippen LogP contribution >= 0.6 is 11.8 Å². The van der Waals surface area contributed by atoms with Gasteiger partial charge in [-0.2, -0.15) is 0 Å². The van der Waals surface area contributed by atoms with Gasteiger partial charge in [-0.1, -0.05) is 6.07 Å². The van der Waals surface area contributed by atoms with Gasteiger partial charge >= 0.3 is 6.03 Å². The molecule has 0 saturated heterocycles. The molecule has 0 spiro atoms. The summed E-state index contributed by atoms with van der Waals surface area (Å²) in [5, 5.41) is 19.7. The summed E-state index contributed by atoms with van der Waals surface area (Å²) in [5.74, 6) is -0.273. The van der Waals surface area contributed by atoms with Gasteiger partial charge in [0.15, 0.2) is 0 Å². The van der Waals surface area contributed by atoms with Crippen LogP contribution in [0.2, 0.25) is 0 Å². The first-order valence-corrected chi connectivity index (χ1v) is 9.14. The molecule has 5 N–H and O–H groups in total. The van der Waals surface area contributed by atoms with Gasteiger partial charge in [-0.15, -0.1) is 11.8 Å². The number of carbonyl (C=O) groups excluding carboxylic acids is 1. The van der Waals surface area contributed by atoms with E-state index in [0.717, 1.165) is 23.1 Å².